The van der Waals surface area contributed by atoms with Crippen LogP contribution in [0.25, 0.3) is 17.1 Å². The van der Waals surface area contributed by atoms with Crippen LogP contribution in [-0.4, -0.2) is 26.4 Å². The highest BCUT2D eigenvalue weighted by molar-refractivity contribution is 7.99. The fraction of sp³-hybridized carbons (Fsp3) is 0.125. The lowest BCUT2D eigenvalue weighted by Gasteiger charge is -2.12. The summed E-state index contributed by atoms with van der Waals surface area (Å²) in [5.41, 5.74) is 4.04. The Morgan fingerprint density at radius 3 is 2.12 bits per heavy atom. The van der Waals surface area contributed by atoms with Crippen molar-refractivity contribution in [3.63, 3.8) is 0 Å². The van der Waals surface area contributed by atoms with E-state index < -0.39 is 0 Å². The maximum atomic E-state index is 13.5. The van der Waals surface area contributed by atoms with Crippen LogP contribution in [0.3, 0.4) is 0 Å². The molecular weight excluding hydrogens is 430 g/mol. The van der Waals surface area contributed by atoms with Gasteiger partial charge in [-0.1, -0.05) is 30.0 Å². The largest absolute Gasteiger partial charge is 0.325 e. The highest BCUT2D eigenvalue weighted by Crippen LogP contribution is 2.29. The third kappa shape index (κ3) is 4.70. The van der Waals surface area contributed by atoms with E-state index in [1.165, 1.54) is 36.0 Å². The predicted octanol–water partition coefficient (Wildman–Crippen LogP) is 5.56. The van der Waals surface area contributed by atoms with Gasteiger partial charge in [0.15, 0.2) is 11.0 Å². The number of aryl methyl sites for hydroxylation is 2. The molecule has 0 atom stereocenters. The van der Waals surface area contributed by atoms with Crippen LogP contribution in [-0.2, 0) is 4.79 Å². The van der Waals surface area contributed by atoms with Gasteiger partial charge in [0, 0.05) is 16.9 Å². The summed E-state index contributed by atoms with van der Waals surface area (Å²) in [5.74, 6) is -0.332. The monoisotopic (exact) mass is 450 g/mol. The van der Waals surface area contributed by atoms with Gasteiger partial charge in [0.2, 0.25) is 5.91 Å². The molecule has 0 aliphatic heterocycles. The predicted molar refractivity (Wildman–Crippen MR) is 122 cm³/mol. The molecule has 32 heavy (non-hydrogen) atoms. The van der Waals surface area contributed by atoms with Crippen LogP contribution in [0.1, 0.15) is 11.1 Å². The molecule has 0 aliphatic rings. The van der Waals surface area contributed by atoms with E-state index in [1.54, 1.807) is 28.8 Å². The van der Waals surface area contributed by atoms with Crippen molar-refractivity contribution in [2.24, 2.45) is 0 Å². The minimum absolute atomic E-state index is 0.108. The Balaban J connectivity index is 1.61. The Labute approximate surface area is 188 Å². The number of anilines is 1. The second kappa shape index (κ2) is 9.32. The summed E-state index contributed by atoms with van der Waals surface area (Å²) in [4.78, 5) is 12.6. The van der Waals surface area contributed by atoms with Crippen molar-refractivity contribution in [1.29, 1.82) is 0 Å². The lowest BCUT2D eigenvalue weighted by molar-refractivity contribution is -0.113. The maximum absolute atomic E-state index is 13.5. The molecule has 0 spiro atoms. The maximum Gasteiger partial charge on any atom is 0.234 e. The van der Waals surface area contributed by atoms with Crippen molar-refractivity contribution in [2.45, 2.75) is 19.0 Å². The topological polar surface area (TPSA) is 59.8 Å². The van der Waals surface area contributed by atoms with Crippen LogP contribution < -0.4 is 5.32 Å². The zero-order chi connectivity index (χ0) is 22.7. The molecule has 4 rings (SSSR count). The molecular formula is C24H20F2N4OS. The molecule has 162 valence electrons. The fourth-order valence-corrected chi connectivity index (χ4v) is 4.04. The van der Waals surface area contributed by atoms with E-state index >= 15 is 0 Å². The average molecular weight is 451 g/mol. The number of benzene rings is 3. The molecule has 0 saturated heterocycles. The number of carbonyl (C=O) groups excluding carboxylic acids is 1. The summed E-state index contributed by atoms with van der Waals surface area (Å²) in [7, 11) is 0. The number of nitrogens with one attached hydrogen (secondary N) is 1. The molecule has 0 fully saturated rings. The van der Waals surface area contributed by atoms with Gasteiger partial charge in [-0.05, 0) is 73.5 Å². The van der Waals surface area contributed by atoms with E-state index in [4.69, 9.17) is 0 Å². The van der Waals surface area contributed by atoms with Crippen molar-refractivity contribution >= 4 is 23.4 Å². The molecule has 0 radical (unpaired) electrons. The van der Waals surface area contributed by atoms with Gasteiger partial charge in [-0.15, -0.1) is 10.2 Å². The molecule has 3 aromatic carbocycles. The number of nitrogens with zero attached hydrogens (tertiary/aromatic N) is 3. The number of rotatable bonds is 6. The molecule has 1 N–H and O–H groups in total. The van der Waals surface area contributed by atoms with E-state index in [0.717, 1.165) is 16.8 Å². The first-order valence-corrected chi connectivity index (χ1v) is 10.9. The number of hydrogen-bond donors (Lipinski definition) is 1. The van der Waals surface area contributed by atoms with E-state index in [0.29, 0.717) is 22.2 Å². The van der Waals surface area contributed by atoms with Gasteiger partial charge in [0.25, 0.3) is 0 Å². The van der Waals surface area contributed by atoms with E-state index in [9.17, 15) is 13.6 Å². The smallest absolute Gasteiger partial charge is 0.234 e. The lowest BCUT2D eigenvalue weighted by Crippen LogP contribution is -2.16. The molecule has 0 saturated carbocycles. The molecule has 4 aromatic rings. The summed E-state index contributed by atoms with van der Waals surface area (Å²) in [6.07, 6.45) is 0. The Morgan fingerprint density at radius 1 is 0.906 bits per heavy atom. The summed E-state index contributed by atoms with van der Waals surface area (Å²) < 4.78 is 28.6. The van der Waals surface area contributed by atoms with Gasteiger partial charge in [-0.3, -0.25) is 9.36 Å². The van der Waals surface area contributed by atoms with E-state index in [1.807, 2.05) is 32.0 Å². The van der Waals surface area contributed by atoms with Crippen molar-refractivity contribution in [3.8, 4) is 17.1 Å². The first kappa shape index (κ1) is 21.7. The zero-order valence-electron chi connectivity index (χ0n) is 17.5. The van der Waals surface area contributed by atoms with Crippen molar-refractivity contribution in [1.82, 2.24) is 14.8 Å². The van der Waals surface area contributed by atoms with Crippen LogP contribution in [0.2, 0.25) is 0 Å². The first-order valence-electron chi connectivity index (χ1n) is 9.88. The number of aromatic nitrogens is 3. The van der Waals surface area contributed by atoms with Crippen molar-refractivity contribution in [3.05, 3.63) is 89.5 Å². The highest BCUT2D eigenvalue weighted by Gasteiger charge is 2.18. The number of halogens is 2. The summed E-state index contributed by atoms with van der Waals surface area (Å²) >= 11 is 1.21. The molecule has 1 heterocycles. The highest BCUT2D eigenvalue weighted by atomic mass is 32.2. The first-order chi connectivity index (χ1) is 15.4. The van der Waals surface area contributed by atoms with E-state index in [-0.39, 0.29) is 23.3 Å². The number of hydrogen-bond acceptors (Lipinski definition) is 4. The Hall–Kier alpha value is -3.52. The third-order valence-electron chi connectivity index (χ3n) is 4.90. The summed E-state index contributed by atoms with van der Waals surface area (Å²) in [6.45, 7) is 3.88. The standard InChI is InChI=1S/C24H20F2N4OS/c1-15-4-3-5-16(2)22(15)27-21(31)14-32-24-29-28-23(17-6-8-18(25)9-7-17)30(24)20-12-10-19(26)11-13-20/h3-13H,14H2,1-2H3,(H,27,31). The summed E-state index contributed by atoms with van der Waals surface area (Å²) in [6, 6.07) is 17.6. The SMILES string of the molecule is Cc1cccc(C)c1NC(=O)CSc1nnc(-c2ccc(F)cc2)n1-c1ccc(F)cc1. The number of carbonyl (C=O) groups is 1. The fourth-order valence-electron chi connectivity index (χ4n) is 3.29. The molecule has 0 aliphatic carbocycles. The van der Waals surface area contributed by atoms with Crippen LogP contribution in [0, 0.1) is 25.5 Å². The molecule has 0 bridgehead atoms. The number of amides is 1. The van der Waals surface area contributed by atoms with Crippen LogP contribution >= 0.6 is 11.8 Å². The summed E-state index contributed by atoms with van der Waals surface area (Å²) in [5, 5.41) is 11.9. The quantitative estimate of drug-likeness (QED) is 0.391. The third-order valence-corrected chi connectivity index (χ3v) is 5.83. The van der Waals surface area contributed by atoms with Crippen molar-refractivity contribution in [2.75, 3.05) is 11.1 Å². The Kier molecular flexibility index (Phi) is 6.32. The molecule has 1 amide bonds. The van der Waals surface area contributed by atoms with Gasteiger partial charge in [0.05, 0.1) is 5.75 Å². The molecule has 8 heteroatoms. The van der Waals surface area contributed by atoms with Crippen LogP contribution in [0.4, 0.5) is 14.5 Å². The van der Waals surface area contributed by atoms with Crippen molar-refractivity contribution < 1.29 is 13.6 Å². The average Bonchev–Trinajstić information content (AvgIpc) is 3.20. The van der Waals surface area contributed by atoms with Gasteiger partial charge in [-0.25, -0.2) is 8.78 Å². The molecule has 1 aromatic heterocycles. The number of para-hydroxylation sites is 1. The normalized spacial score (nSPS) is 10.9. The van der Waals surface area contributed by atoms with Gasteiger partial charge >= 0.3 is 0 Å². The van der Waals surface area contributed by atoms with Crippen LogP contribution in [0.15, 0.2) is 71.9 Å². The molecule has 0 unspecified atom stereocenters. The lowest BCUT2D eigenvalue weighted by atomic mass is 10.1. The second-order valence-electron chi connectivity index (χ2n) is 7.23. The minimum atomic E-state index is -0.368. The van der Waals surface area contributed by atoms with Gasteiger partial charge < -0.3 is 5.32 Å². The minimum Gasteiger partial charge on any atom is -0.325 e. The number of thioether (sulfide) groups is 1. The van der Waals surface area contributed by atoms with Crippen LogP contribution in [0.5, 0.6) is 0 Å². The van der Waals surface area contributed by atoms with Gasteiger partial charge in [0.1, 0.15) is 11.6 Å². The van der Waals surface area contributed by atoms with Gasteiger partial charge in [-0.2, -0.15) is 0 Å². The molecule has 5 nitrogen and oxygen atoms in total. The Morgan fingerprint density at radius 2 is 1.50 bits per heavy atom. The van der Waals surface area contributed by atoms with E-state index in [2.05, 4.69) is 15.5 Å². The second-order valence-corrected chi connectivity index (χ2v) is 8.17. The Bertz CT molecular complexity index is 1230. The zero-order valence-corrected chi connectivity index (χ0v) is 18.3.